The third-order valence-electron chi connectivity index (χ3n) is 4.39. The van der Waals surface area contributed by atoms with Crippen LogP contribution in [-0.4, -0.2) is 19.0 Å². The fourth-order valence-corrected chi connectivity index (χ4v) is 3.26. The Morgan fingerprint density at radius 2 is 1.89 bits per heavy atom. The van der Waals surface area contributed by atoms with E-state index >= 15 is 0 Å². The van der Waals surface area contributed by atoms with Crippen molar-refractivity contribution in [2.75, 3.05) is 17.3 Å². The Balaban J connectivity index is 1.87. The van der Waals surface area contributed by atoms with Gasteiger partial charge in [0.25, 0.3) is 5.91 Å². The Morgan fingerprint density at radius 3 is 2.63 bits per heavy atom. The fourth-order valence-electron chi connectivity index (χ4n) is 3.13. The molecule has 1 atom stereocenters. The van der Waals surface area contributed by atoms with E-state index in [0.29, 0.717) is 27.5 Å². The van der Waals surface area contributed by atoms with Crippen molar-refractivity contribution in [2.45, 2.75) is 6.17 Å². The van der Waals surface area contributed by atoms with E-state index in [1.807, 2.05) is 12.1 Å². The Bertz CT molecular complexity index is 1010. The van der Waals surface area contributed by atoms with Crippen LogP contribution in [0.15, 0.2) is 65.3 Å². The predicted octanol–water partition coefficient (Wildman–Crippen LogP) is 4.49. The summed E-state index contributed by atoms with van der Waals surface area (Å²) in [5.74, 6) is -0.769. The number of para-hydroxylation sites is 1. The van der Waals surface area contributed by atoms with Crippen LogP contribution in [0, 0.1) is 0 Å². The molecule has 0 radical (unpaired) electrons. The van der Waals surface area contributed by atoms with Gasteiger partial charge in [0, 0.05) is 22.0 Å². The first-order chi connectivity index (χ1) is 13.1. The maximum absolute atomic E-state index is 13.3. The number of ether oxygens (including phenoxy) is 1. The topological polar surface area (TPSA) is 71.8 Å². The number of amides is 1. The number of benzene rings is 2. The molecule has 0 spiro atoms. The highest BCUT2D eigenvalue weighted by molar-refractivity contribution is 6.30. The number of hydrogen-bond acceptors (Lipinski definition) is 5. The quantitative estimate of drug-likeness (QED) is 0.676. The SMILES string of the molecule is COC(=O)c1occc1[C@H]1Nc2ccccc2C(=O)N1c1ccc(Cl)cc1. The molecule has 136 valence electrons. The molecule has 0 bridgehead atoms. The maximum atomic E-state index is 13.3. The maximum Gasteiger partial charge on any atom is 0.374 e. The van der Waals surface area contributed by atoms with Gasteiger partial charge in [-0.2, -0.15) is 0 Å². The van der Waals surface area contributed by atoms with E-state index in [1.165, 1.54) is 13.4 Å². The molecule has 0 unspecified atom stereocenters. The first-order valence-corrected chi connectivity index (χ1v) is 8.58. The first-order valence-electron chi connectivity index (χ1n) is 8.20. The molecule has 3 aromatic rings. The van der Waals surface area contributed by atoms with Gasteiger partial charge < -0.3 is 14.5 Å². The lowest BCUT2D eigenvalue weighted by Gasteiger charge is -2.37. The summed E-state index contributed by atoms with van der Waals surface area (Å²) in [5, 5.41) is 3.88. The summed E-state index contributed by atoms with van der Waals surface area (Å²) in [6.45, 7) is 0. The van der Waals surface area contributed by atoms with Gasteiger partial charge in [0.05, 0.1) is 18.9 Å². The second kappa shape index (κ2) is 6.81. The van der Waals surface area contributed by atoms with Gasteiger partial charge >= 0.3 is 5.97 Å². The Morgan fingerprint density at radius 1 is 1.15 bits per heavy atom. The number of rotatable bonds is 3. The average Bonchev–Trinajstić information content (AvgIpc) is 3.18. The van der Waals surface area contributed by atoms with Crippen molar-refractivity contribution < 1.29 is 18.7 Å². The molecule has 0 aliphatic carbocycles. The number of nitrogens with one attached hydrogen (secondary N) is 1. The Labute approximate surface area is 160 Å². The van der Waals surface area contributed by atoms with Gasteiger partial charge in [-0.05, 0) is 42.5 Å². The number of esters is 1. The molecule has 0 fully saturated rings. The van der Waals surface area contributed by atoms with E-state index in [4.69, 9.17) is 20.8 Å². The molecule has 7 heteroatoms. The molecule has 1 aromatic heterocycles. The number of fused-ring (bicyclic) bond motifs is 1. The van der Waals surface area contributed by atoms with Crippen LogP contribution in [0.2, 0.25) is 5.02 Å². The Kier molecular flexibility index (Phi) is 4.33. The van der Waals surface area contributed by atoms with E-state index in [2.05, 4.69) is 5.32 Å². The number of halogens is 1. The largest absolute Gasteiger partial charge is 0.463 e. The number of carbonyl (C=O) groups excluding carboxylic acids is 2. The molecule has 1 aliphatic heterocycles. The monoisotopic (exact) mass is 382 g/mol. The predicted molar refractivity (Wildman–Crippen MR) is 101 cm³/mol. The number of furan rings is 1. The van der Waals surface area contributed by atoms with Crippen molar-refractivity contribution >= 4 is 34.9 Å². The number of hydrogen-bond donors (Lipinski definition) is 1. The van der Waals surface area contributed by atoms with Crippen LogP contribution in [0.5, 0.6) is 0 Å². The van der Waals surface area contributed by atoms with Crippen molar-refractivity contribution in [2.24, 2.45) is 0 Å². The molecular weight excluding hydrogens is 368 g/mol. The van der Waals surface area contributed by atoms with Gasteiger partial charge in [-0.15, -0.1) is 0 Å². The van der Waals surface area contributed by atoms with Gasteiger partial charge in [0.15, 0.2) is 0 Å². The van der Waals surface area contributed by atoms with E-state index in [0.717, 1.165) is 0 Å². The molecule has 2 aromatic carbocycles. The minimum absolute atomic E-state index is 0.0427. The van der Waals surface area contributed by atoms with Gasteiger partial charge in [0.1, 0.15) is 6.17 Å². The Hall–Kier alpha value is -3.25. The van der Waals surface area contributed by atoms with Crippen LogP contribution in [0.4, 0.5) is 11.4 Å². The molecule has 2 heterocycles. The normalized spacial score (nSPS) is 15.9. The zero-order chi connectivity index (χ0) is 19.0. The van der Waals surface area contributed by atoms with E-state index in [-0.39, 0.29) is 11.7 Å². The lowest BCUT2D eigenvalue weighted by atomic mass is 10.0. The first kappa shape index (κ1) is 17.2. The van der Waals surface area contributed by atoms with E-state index in [9.17, 15) is 9.59 Å². The lowest BCUT2D eigenvalue weighted by Crippen LogP contribution is -2.43. The third kappa shape index (κ3) is 2.94. The highest BCUT2D eigenvalue weighted by Gasteiger charge is 2.37. The van der Waals surface area contributed by atoms with Crippen molar-refractivity contribution in [1.82, 2.24) is 0 Å². The summed E-state index contributed by atoms with van der Waals surface area (Å²) >= 11 is 5.99. The molecule has 6 nitrogen and oxygen atoms in total. The van der Waals surface area contributed by atoms with Crippen LogP contribution in [0.1, 0.15) is 32.6 Å². The molecule has 1 N–H and O–H groups in total. The fraction of sp³-hybridized carbons (Fsp3) is 0.100. The summed E-state index contributed by atoms with van der Waals surface area (Å²) < 4.78 is 10.1. The molecular formula is C20H15ClN2O4. The van der Waals surface area contributed by atoms with Crippen LogP contribution in [-0.2, 0) is 4.74 Å². The van der Waals surface area contributed by atoms with Crippen LogP contribution in [0.25, 0.3) is 0 Å². The molecule has 1 aliphatic rings. The number of carbonyl (C=O) groups is 2. The molecule has 1 amide bonds. The summed E-state index contributed by atoms with van der Waals surface area (Å²) in [6.07, 6.45) is 0.746. The summed E-state index contributed by atoms with van der Waals surface area (Å²) in [7, 11) is 1.28. The number of anilines is 2. The van der Waals surface area contributed by atoms with Crippen LogP contribution in [0.3, 0.4) is 0 Å². The second-order valence-corrected chi connectivity index (χ2v) is 6.38. The van der Waals surface area contributed by atoms with Crippen LogP contribution < -0.4 is 10.2 Å². The van der Waals surface area contributed by atoms with Crippen molar-refractivity contribution in [3.05, 3.63) is 82.8 Å². The smallest absolute Gasteiger partial charge is 0.374 e. The molecule has 27 heavy (non-hydrogen) atoms. The van der Waals surface area contributed by atoms with E-state index < -0.39 is 12.1 Å². The summed E-state index contributed by atoms with van der Waals surface area (Å²) in [4.78, 5) is 26.9. The zero-order valence-corrected chi connectivity index (χ0v) is 15.1. The molecule has 0 saturated heterocycles. The second-order valence-electron chi connectivity index (χ2n) is 5.94. The van der Waals surface area contributed by atoms with Gasteiger partial charge in [-0.1, -0.05) is 23.7 Å². The molecule has 0 saturated carbocycles. The number of methoxy groups -OCH3 is 1. The van der Waals surface area contributed by atoms with Crippen LogP contribution >= 0.6 is 11.6 Å². The van der Waals surface area contributed by atoms with E-state index in [1.54, 1.807) is 47.4 Å². The summed E-state index contributed by atoms with van der Waals surface area (Å²) in [6, 6.07) is 15.8. The average molecular weight is 383 g/mol. The highest BCUT2D eigenvalue weighted by atomic mass is 35.5. The zero-order valence-electron chi connectivity index (χ0n) is 14.3. The highest BCUT2D eigenvalue weighted by Crippen LogP contribution is 2.38. The van der Waals surface area contributed by atoms with Crippen molar-refractivity contribution in [3.63, 3.8) is 0 Å². The van der Waals surface area contributed by atoms with Crippen molar-refractivity contribution in [3.8, 4) is 0 Å². The van der Waals surface area contributed by atoms with Gasteiger partial charge in [-0.3, -0.25) is 9.69 Å². The molecule has 4 rings (SSSR count). The standard InChI is InChI=1S/C20H15ClN2O4/c1-26-20(25)17-15(10-11-27-17)18-22-16-5-3-2-4-14(16)19(24)23(18)13-8-6-12(21)7-9-13/h2-11,18,22H,1H3/t18-/m0/s1. The third-order valence-corrected chi connectivity index (χ3v) is 4.64. The number of nitrogens with zero attached hydrogens (tertiary/aromatic N) is 1. The lowest BCUT2D eigenvalue weighted by molar-refractivity contribution is 0.0562. The summed E-state index contributed by atoms with van der Waals surface area (Å²) in [5.41, 5.74) is 2.34. The van der Waals surface area contributed by atoms with Gasteiger partial charge in [0.2, 0.25) is 5.76 Å². The minimum atomic E-state index is -0.651. The van der Waals surface area contributed by atoms with Gasteiger partial charge in [-0.25, -0.2) is 4.79 Å². The van der Waals surface area contributed by atoms with Crippen molar-refractivity contribution in [1.29, 1.82) is 0 Å². The minimum Gasteiger partial charge on any atom is -0.463 e.